The molecule has 4 heteroatoms. The van der Waals surface area contributed by atoms with Crippen LogP contribution in [0.4, 0.5) is 0 Å². The zero-order chi connectivity index (χ0) is 17.8. The molecule has 128 valence electrons. The third-order valence-electron chi connectivity index (χ3n) is 4.12. The van der Waals surface area contributed by atoms with Crippen molar-refractivity contribution in [1.82, 2.24) is 14.7 Å². The van der Waals surface area contributed by atoms with Crippen molar-refractivity contribution in [2.45, 2.75) is 19.9 Å². The van der Waals surface area contributed by atoms with Gasteiger partial charge in [-0.1, -0.05) is 43.3 Å². The molecule has 0 aliphatic rings. The molecule has 2 aromatic carbocycles. The standard InChI is InChI=1S/C21H23N3O/c1-4-16-8-10-18(11-9-16)21-20(25)12-13-24(22-21)19-7-5-6-17(14-19)15-23(2)3/h5-14H,4,15H2,1-3H3. The first-order valence-electron chi connectivity index (χ1n) is 8.50. The van der Waals surface area contributed by atoms with Crippen LogP contribution >= 0.6 is 0 Å². The summed E-state index contributed by atoms with van der Waals surface area (Å²) in [5, 5.41) is 4.58. The molecule has 0 bridgehead atoms. The minimum atomic E-state index is -0.0649. The maximum Gasteiger partial charge on any atom is 0.208 e. The second-order valence-electron chi connectivity index (χ2n) is 6.43. The lowest BCUT2D eigenvalue weighted by Gasteiger charge is -2.12. The zero-order valence-electron chi connectivity index (χ0n) is 14.9. The van der Waals surface area contributed by atoms with Crippen molar-refractivity contribution >= 4 is 0 Å². The molecular weight excluding hydrogens is 310 g/mol. The van der Waals surface area contributed by atoms with E-state index in [1.54, 1.807) is 16.9 Å². The molecule has 25 heavy (non-hydrogen) atoms. The fourth-order valence-corrected chi connectivity index (χ4v) is 2.81. The summed E-state index contributed by atoms with van der Waals surface area (Å²) in [5.74, 6) is 0. The molecule has 0 saturated heterocycles. The average Bonchev–Trinajstić information content (AvgIpc) is 2.62. The maximum absolute atomic E-state index is 12.3. The average molecular weight is 333 g/mol. The second-order valence-corrected chi connectivity index (χ2v) is 6.43. The van der Waals surface area contributed by atoms with Crippen LogP contribution in [0.15, 0.2) is 65.6 Å². The minimum Gasteiger partial charge on any atom is -0.305 e. The lowest BCUT2D eigenvalue weighted by atomic mass is 10.1. The summed E-state index contributed by atoms with van der Waals surface area (Å²) in [6.07, 6.45) is 2.70. The van der Waals surface area contributed by atoms with E-state index >= 15 is 0 Å². The van der Waals surface area contributed by atoms with E-state index in [1.807, 2.05) is 50.5 Å². The van der Waals surface area contributed by atoms with Gasteiger partial charge < -0.3 is 4.90 Å². The molecule has 0 aliphatic carbocycles. The van der Waals surface area contributed by atoms with Crippen LogP contribution < -0.4 is 5.43 Å². The summed E-state index contributed by atoms with van der Waals surface area (Å²) in [6, 6.07) is 17.8. The van der Waals surface area contributed by atoms with Crippen LogP contribution in [0.3, 0.4) is 0 Å². The molecule has 0 spiro atoms. The third kappa shape index (κ3) is 4.03. The van der Waals surface area contributed by atoms with Gasteiger partial charge in [0.25, 0.3) is 0 Å². The van der Waals surface area contributed by atoms with Gasteiger partial charge in [0.1, 0.15) is 5.69 Å². The molecule has 0 amide bonds. The fourth-order valence-electron chi connectivity index (χ4n) is 2.81. The molecule has 3 aromatic rings. The minimum absolute atomic E-state index is 0.0649. The van der Waals surface area contributed by atoms with Crippen LogP contribution in [0.2, 0.25) is 0 Å². The molecule has 1 heterocycles. The van der Waals surface area contributed by atoms with Gasteiger partial charge in [0.2, 0.25) is 5.43 Å². The maximum atomic E-state index is 12.3. The Morgan fingerprint density at radius 2 is 1.76 bits per heavy atom. The molecule has 0 atom stereocenters. The zero-order valence-corrected chi connectivity index (χ0v) is 14.9. The highest BCUT2D eigenvalue weighted by atomic mass is 16.1. The van der Waals surface area contributed by atoms with E-state index in [9.17, 15) is 4.79 Å². The van der Waals surface area contributed by atoms with Gasteiger partial charge in [0.15, 0.2) is 0 Å². The molecule has 0 aliphatic heterocycles. The van der Waals surface area contributed by atoms with Gasteiger partial charge >= 0.3 is 0 Å². The molecule has 4 nitrogen and oxygen atoms in total. The Bertz CT molecular complexity index is 911. The highest BCUT2D eigenvalue weighted by Gasteiger charge is 2.07. The van der Waals surface area contributed by atoms with Crippen molar-refractivity contribution in [1.29, 1.82) is 0 Å². The predicted octanol–water partition coefficient (Wildman–Crippen LogP) is 3.52. The smallest absolute Gasteiger partial charge is 0.208 e. The van der Waals surface area contributed by atoms with E-state index in [0.717, 1.165) is 24.2 Å². The SMILES string of the molecule is CCc1ccc(-c2nn(-c3cccc(CN(C)C)c3)ccc2=O)cc1. The Balaban J connectivity index is 2.00. The third-order valence-corrected chi connectivity index (χ3v) is 4.12. The van der Waals surface area contributed by atoms with E-state index in [4.69, 9.17) is 0 Å². The quantitative estimate of drug-likeness (QED) is 0.717. The number of hydrogen-bond donors (Lipinski definition) is 0. The van der Waals surface area contributed by atoms with Crippen molar-refractivity contribution in [3.63, 3.8) is 0 Å². The monoisotopic (exact) mass is 333 g/mol. The molecule has 1 aromatic heterocycles. The summed E-state index contributed by atoms with van der Waals surface area (Å²) in [6.45, 7) is 2.98. The Kier molecular flexibility index (Phi) is 5.10. The number of rotatable bonds is 5. The van der Waals surface area contributed by atoms with Crippen molar-refractivity contribution < 1.29 is 0 Å². The van der Waals surface area contributed by atoms with E-state index in [1.165, 1.54) is 11.1 Å². The largest absolute Gasteiger partial charge is 0.305 e. The molecular formula is C21H23N3O. The van der Waals surface area contributed by atoms with Crippen LogP contribution in [0.1, 0.15) is 18.1 Å². The topological polar surface area (TPSA) is 38.1 Å². The number of nitrogens with zero attached hydrogens (tertiary/aromatic N) is 3. The first-order valence-corrected chi connectivity index (χ1v) is 8.50. The molecule has 0 saturated carbocycles. The van der Waals surface area contributed by atoms with E-state index in [0.29, 0.717) is 5.69 Å². The predicted molar refractivity (Wildman–Crippen MR) is 102 cm³/mol. The van der Waals surface area contributed by atoms with Crippen LogP contribution in [0.5, 0.6) is 0 Å². The molecule has 0 N–H and O–H groups in total. The summed E-state index contributed by atoms with van der Waals surface area (Å²) < 4.78 is 1.77. The van der Waals surface area contributed by atoms with Gasteiger partial charge in [-0.15, -0.1) is 0 Å². The van der Waals surface area contributed by atoms with Crippen molar-refractivity contribution in [3.05, 3.63) is 82.1 Å². The highest BCUT2D eigenvalue weighted by Crippen LogP contribution is 2.16. The number of aromatic nitrogens is 2. The van der Waals surface area contributed by atoms with Crippen molar-refractivity contribution in [3.8, 4) is 16.9 Å². The van der Waals surface area contributed by atoms with Crippen LogP contribution in [0, 0.1) is 0 Å². The first kappa shape index (κ1) is 17.1. The molecule has 0 radical (unpaired) electrons. The van der Waals surface area contributed by atoms with Crippen LogP contribution in [-0.2, 0) is 13.0 Å². The summed E-state index contributed by atoms with van der Waals surface area (Å²) in [7, 11) is 4.09. The Hall–Kier alpha value is -2.72. The van der Waals surface area contributed by atoms with Gasteiger partial charge in [-0.05, 0) is 43.8 Å². The summed E-state index contributed by atoms with van der Waals surface area (Å²) >= 11 is 0. The molecule has 3 rings (SSSR count). The highest BCUT2D eigenvalue weighted by molar-refractivity contribution is 5.59. The van der Waals surface area contributed by atoms with Crippen LogP contribution in [0.25, 0.3) is 16.9 Å². The van der Waals surface area contributed by atoms with Gasteiger partial charge in [-0.3, -0.25) is 4.79 Å². The molecule has 0 fully saturated rings. The lowest BCUT2D eigenvalue weighted by molar-refractivity contribution is 0.402. The normalized spacial score (nSPS) is 11.0. The fraction of sp³-hybridized carbons (Fsp3) is 0.238. The van der Waals surface area contributed by atoms with Gasteiger partial charge in [0, 0.05) is 24.4 Å². The lowest BCUT2D eigenvalue weighted by Crippen LogP contribution is -2.13. The number of aryl methyl sites for hydroxylation is 1. The van der Waals surface area contributed by atoms with Gasteiger partial charge in [0.05, 0.1) is 5.69 Å². The summed E-state index contributed by atoms with van der Waals surface area (Å²) in [4.78, 5) is 14.4. The van der Waals surface area contributed by atoms with E-state index in [-0.39, 0.29) is 5.43 Å². The van der Waals surface area contributed by atoms with E-state index in [2.05, 4.69) is 29.1 Å². The summed E-state index contributed by atoms with van der Waals surface area (Å²) in [5.41, 5.74) is 4.66. The Morgan fingerprint density at radius 3 is 2.44 bits per heavy atom. The Morgan fingerprint density at radius 1 is 1.00 bits per heavy atom. The van der Waals surface area contributed by atoms with Crippen molar-refractivity contribution in [2.75, 3.05) is 14.1 Å². The number of benzene rings is 2. The van der Waals surface area contributed by atoms with Crippen molar-refractivity contribution in [2.24, 2.45) is 0 Å². The first-order chi connectivity index (χ1) is 12.1. The second kappa shape index (κ2) is 7.45. The van der Waals surface area contributed by atoms with Crippen LogP contribution in [-0.4, -0.2) is 28.8 Å². The van der Waals surface area contributed by atoms with Gasteiger partial charge in [-0.2, -0.15) is 5.10 Å². The van der Waals surface area contributed by atoms with Gasteiger partial charge in [-0.25, -0.2) is 4.68 Å². The number of hydrogen-bond acceptors (Lipinski definition) is 3. The Labute approximate surface area is 148 Å². The molecule has 0 unspecified atom stereocenters. The van der Waals surface area contributed by atoms with E-state index < -0.39 is 0 Å².